The van der Waals surface area contributed by atoms with Crippen LogP contribution in [-0.2, 0) is 40.4 Å². The number of carbonyl (C=O) groups is 3. The lowest BCUT2D eigenvalue weighted by Gasteiger charge is -2.50. The zero-order chi connectivity index (χ0) is 32.9. The van der Waals surface area contributed by atoms with Crippen molar-refractivity contribution >= 4 is 50.2 Å². The maximum Gasteiger partial charge on any atom is 0.418 e. The molecule has 2 atom stereocenters. The predicted octanol–water partition coefficient (Wildman–Crippen LogP) is -0.269. The second-order valence-electron chi connectivity index (χ2n) is 10.3. The zero-order valence-corrected chi connectivity index (χ0v) is 25.7. The van der Waals surface area contributed by atoms with Crippen LogP contribution in [0.1, 0.15) is 32.4 Å². The summed E-state index contributed by atoms with van der Waals surface area (Å²) in [6.07, 6.45) is 5.61. The number of carboxylic acids is 1. The van der Waals surface area contributed by atoms with Crippen LogP contribution < -0.4 is 20.8 Å². The topological polar surface area (TPSA) is 256 Å². The van der Waals surface area contributed by atoms with E-state index in [1.807, 2.05) is 23.3 Å². The van der Waals surface area contributed by atoms with E-state index in [-0.39, 0.29) is 16.6 Å². The van der Waals surface area contributed by atoms with Crippen LogP contribution in [0, 0.1) is 5.92 Å². The van der Waals surface area contributed by atoms with Gasteiger partial charge in [0.2, 0.25) is 12.1 Å². The third-order valence-electron chi connectivity index (χ3n) is 6.71. The number of carboxylic acid groups (broad SMARTS) is 1. The summed E-state index contributed by atoms with van der Waals surface area (Å²) in [5.74, 6) is -3.36. The number of aliphatic carboxylic acids is 1. The molecule has 0 bridgehead atoms. The molecule has 0 spiro atoms. The fraction of sp³-hybridized carbons (Fsp3) is 0.400. The number of oxime groups is 1. The van der Waals surface area contributed by atoms with E-state index in [1.165, 1.54) is 25.4 Å². The van der Waals surface area contributed by atoms with Crippen LogP contribution in [0.2, 0.25) is 0 Å². The van der Waals surface area contributed by atoms with Crippen molar-refractivity contribution in [1.29, 1.82) is 0 Å². The minimum absolute atomic E-state index is 0.0303. The molecule has 1 saturated heterocycles. The van der Waals surface area contributed by atoms with Crippen molar-refractivity contribution in [1.82, 2.24) is 19.6 Å². The average Bonchev–Trinajstić information content (AvgIpc) is 3.64. The van der Waals surface area contributed by atoms with E-state index in [9.17, 15) is 27.9 Å². The molecule has 242 valence electrons. The molecule has 45 heavy (non-hydrogen) atoms. The standard InChI is InChI=1S/C25H30N8O10S2/c1-25(2)16(22(35)33(25)43-45(38,39)40)10-18(34)21(17-13-44-24(27)29-17)30-42-19(23(36)37)12-41-15-4-5-20(28-11-15)32-9-8-31(14-32)7-3-6-26/h4-5,8-9,11,13-14,16,19H,3,6-7,10,12,26H2,1-2H3,(H3-,27,29,36,37,38,39,40)/p+1/b30-21-/t16-,19+/m1/s1. The van der Waals surface area contributed by atoms with Crippen LogP contribution in [0.4, 0.5) is 5.13 Å². The van der Waals surface area contributed by atoms with Crippen molar-refractivity contribution in [3.8, 4) is 11.6 Å². The highest BCUT2D eigenvalue weighted by atomic mass is 32.3. The van der Waals surface area contributed by atoms with Crippen LogP contribution in [-0.4, -0.2) is 85.8 Å². The maximum atomic E-state index is 13.3. The van der Waals surface area contributed by atoms with Gasteiger partial charge in [0.1, 0.15) is 30.4 Å². The van der Waals surface area contributed by atoms with Gasteiger partial charge in [-0.1, -0.05) is 5.16 Å². The Bertz CT molecular complexity index is 1690. The van der Waals surface area contributed by atoms with Crippen molar-refractivity contribution in [2.75, 3.05) is 18.9 Å². The molecule has 1 fully saturated rings. The molecular weight excluding hydrogens is 636 g/mol. The SMILES string of the molecule is CC1(C)[C@H](CC(=O)/C(=N\O[C@@H](COc2ccc(-n3cc[n+](CCCN)c3)nc2)C(=O)O)c2csc(N)n2)C(=O)N1OS(=O)(=O)O. The number of pyridine rings is 1. The first-order chi connectivity index (χ1) is 21.2. The molecule has 0 aromatic carbocycles. The smallest absolute Gasteiger partial charge is 0.418 e. The van der Waals surface area contributed by atoms with Gasteiger partial charge in [0.25, 0.3) is 12.0 Å². The second kappa shape index (κ2) is 13.6. The molecule has 0 saturated carbocycles. The summed E-state index contributed by atoms with van der Waals surface area (Å²) in [6, 6.07) is 3.26. The normalized spacial score (nSPS) is 17.1. The number of aromatic nitrogens is 4. The van der Waals surface area contributed by atoms with E-state index < -0.39 is 64.4 Å². The number of ether oxygens (including phenoxy) is 1. The third-order valence-corrected chi connectivity index (χ3v) is 7.72. The Labute approximate surface area is 260 Å². The number of hydrogen-bond acceptors (Lipinski definition) is 14. The largest absolute Gasteiger partial charge is 0.487 e. The number of rotatable bonds is 16. The third kappa shape index (κ3) is 8.16. The van der Waals surface area contributed by atoms with E-state index in [2.05, 4.69) is 19.4 Å². The van der Waals surface area contributed by atoms with E-state index in [1.54, 1.807) is 16.7 Å². The number of amides is 1. The lowest BCUT2D eigenvalue weighted by Crippen LogP contribution is -2.68. The van der Waals surface area contributed by atoms with Crippen molar-refractivity contribution in [2.45, 2.75) is 44.9 Å². The molecule has 0 unspecified atom stereocenters. The van der Waals surface area contributed by atoms with Crippen LogP contribution in [0.3, 0.4) is 0 Å². The van der Waals surface area contributed by atoms with E-state index >= 15 is 0 Å². The number of ketones is 1. The van der Waals surface area contributed by atoms with Gasteiger partial charge in [0.15, 0.2) is 16.6 Å². The summed E-state index contributed by atoms with van der Waals surface area (Å²) < 4.78 is 44.7. The van der Waals surface area contributed by atoms with Crippen LogP contribution in [0.5, 0.6) is 5.75 Å². The minimum Gasteiger partial charge on any atom is -0.487 e. The number of carbonyl (C=O) groups excluding carboxylic acids is 2. The van der Waals surface area contributed by atoms with Gasteiger partial charge in [-0.15, -0.1) is 15.6 Å². The van der Waals surface area contributed by atoms with Crippen molar-refractivity contribution < 1.29 is 50.9 Å². The lowest BCUT2D eigenvalue weighted by molar-refractivity contribution is -0.696. The summed E-state index contributed by atoms with van der Waals surface area (Å²) in [4.78, 5) is 51.3. The average molecular weight is 668 g/mol. The van der Waals surface area contributed by atoms with Gasteiger partial charge in [-0.25, -0.2) is 19.3 Å². The highest BCUT2D eigenvalue weighted by Crippen LogP contribution is 2.40. The van der Waals surface area contributed by atoms with Gasteiger partial charge in [-0.3, -0.25) is 14.1 Å². The Kier molecular flexibility index (Phi) is 10.1. The molecule has 1 aliphatic rings. The summed E-state index contributed by atoms with van der Waals surface area (Å²) in [5, 5.41) is 15.4. The molecule has 20 heteroatoms. The van der Waals surface area contributed by atoms with Gasteiger partial charge in [0.05, 0.1) is 24.2 Å². The summed E-state index contributed by atoms with van der Waals surface area (Å²) in [5.41, 5.74) is 9.48. The Morgan fingerprint density at radius 3 is 2.64 bits per heavy atom. The molecule has 3 aromatic rings. The number of anilines is 1. The first-order valence-corrected chi connectivity index (χ1v) is 15.5. The first kappa shape index (κ1) is 33.4. The molecule has 1 amide bonds. The highest BCUT2D eigenvalue weighted by Gasteiger charge is 2.57. The Morgan fingerprint density at radius 1 is 1.31 bits per heavy atom. The van der Waals surface area contributed by atoms with E-state index in [0.29, 0.717) is 17.4 Å². The fourth-order valence-electron chi connectivity index (χ4n) is 4.27. The lowest BCUT2D eigenvalue weighted by atomic mass is 9.74. The maximum absolute atomic E-state index is 13.3. The number of nitrogen functional groups attached to an aromatic ring is 1. The van der Waals surface area contributed by atoms with Gasteiger partial charge >= 0.3 is 16.4 Å². The fourth-order valence-corrected chi connectivity index (χ4v) is 5.27. The van der Waals surface area contributed by atoms with E-state index in [4.69, 9.17) is 25.6 Å². The van der Waals surface area contributed by atoms with Gasteiger partial charge in [-0.2, -0.15) is 18.0 Å². The number of hydrogen-bond donors (Lipinski definition) is 4. The Hall–Kier alpha value is -4.50. The molecule has 0 aliphatic carbocycles. The minimum atomic E-state index is -4.99. The molecule has 6 N–H and O–H groups in total. The summed E-state index contributed by atoms with van der Waals surface area (Å²) in [6.45, 7) is 3.65. The summed E-state index contributed by atoms with van der Waals surface area (Å²) in [7, 11) is -4.99. The van der Waals surface area contributed by atoms with Crippen molar-refractivity contribution in [3.05, 3.63) is 48.1 Å². The molecule has 1 aliphatic heterocycles. The molecule has 3 aromatic heterocycles. The van der Waals surface area contributed by atoms with E-state index in [0.717, 1.165) is 24.3 Å². The molecular formula is C25H31N8O10S2+. The van der Waals surface area contributed by atoms with Gasteiger partial charge in [-0.05, 0) is 32.9 Å². The molecule has 0 radical (unpaired) electrons. The predicted molar refractivity (Wildman–Crippen MR) is 155 cm³/mol. The zero-order valence-electron chi connectivity index (χ0n) is 24.0. The monoisotopic (exact) mass is 667 g/mol. The number of hydroxylamine groups is 2. The van der Waals surface area contributed by atoms with Crippen LogP contribution >= 0.6 is 11.3 Å². The highest BCUT2D eigenvalue weighted by molar-refractivity contribution is 7.80. The van der Waals surface area contributed by atoms with Crippen molar-refractivity contribution in [3.63, 3.8) is 0 Å². The van der Waals surface area contributed by atoms with Crippen LogP contribution in [0.15, 0.2) is 47.6 Å². The number of nitrogens with two attached hydrogens (primary N) is 2. The van der Waals surface area contributed by atoms with Gasteiger partial charge in [0, 0.05) is 17.9 Å². The Balaban J connectivity index is 1.44. The number of aryl methyl sites for hydroxylation is 1. The first-order valence-electron chi connectivity index (χ1n) is 13.3. The molecule has 18 nitrogen and oxygen atoms in total. The number of Topliss-reactive ketones (excluding diaryl/α,β-unsaturated/α-hetero) is 1. The van der Waals surface area contributed by atoms with Crippen molar-refractivity contribution in [2.24, 2.45) is 16.8 Å². The second-order valence-corrected chi connectivity index (χ2v) is 12.2. The number of nitrogens with zero attached hydrogens (tertiary/aromatic N) is 6. The quantitative estimate of drug-likeness (QED) is 0.0504. The number of imidazole rings is 1. The molecule has 4 rings (SSSR count). The summed E-state index contributed by atoms with van der Waals surface area (Å²) >= 11 is 0.980. The Morgan fingerprint density at radius 2 is 2.07 bits per heavy atom. The number of β-lactam (4-membered cyclic amide) rings is 1. The molecule has 4 heterocycles. The van der Waals surface area contributed by atoms with Gasteiger partial charge < -0.3 is 26.1 Å². The number of thiazole rings is 1. The van der Waals surface area contributed by atoms with Crippen LogP contribution in [0.25, 0.3) is 5.82 Å².